The van der Waals surface area contributed by atoms with Crippen molar-refractivity contribution >= 4 is 33.8 Å². The molecule has 0 saturated carbocycles. The summed E-state index contributed by atoms with van der Waals surface area (Å²) in [5.74, 6) is 0.257. The molecule has 0 radical (unpaired) electrons. The van der Waals surface area contributed by atoms with Gasteiger partial charge in [0.1, 0.15) is 0 Å². The van der Waals surface area contributed by atoms with E-state index in [1.807, 2.05) is 6.92 Å². The van der Waals surface area contributed by atoms with E-state index in [2.05, 4.69) is 15.0 Å². The first-order valence-corrected chi connectivity index (χ1v) is 8.49. The summed E-state index contributed by atoms with van der Waals surface area (Å²) in [6, 6.07) is 5.91. The predicted octanol–water partition coefficient (Wildman–Crippen LogP) is 1.86. The second-order valence-electron chi connectivity index (χ2n) is 4.67. The molecule has 0 aromatic heterocycles. The molecule has 1 atom stereocenters. The summed E-state index contributed by atoms with van der Waals surface area (Å²) in [5, 5.41) is 5.93. The van der Waals surface area contributed by atoms with Crippen LogP contribution in [-0.4, -0.2) is 39.3 Å². The first-order valence-electron chi connectivity index (χ1n) is 6.67. The summed E-state index contributed by atoms with van der Waals surface area (Å²) >= 11 is 5.83. The third-order valence-electron chi connectivity index (χ3n) is 3.09. The van der Waals surface area contributed by atoms with E-state index in [9.17, 15) is 8.42 Å². The molecule has 0 fully saturated rings. The topological polar surface area (TPSA) is 83.4 Å². The lowest BCUT2D eigenvalue weighted by molar-refractivity contribution is 0.131. The van der Waals surface area contributed by atoms with Crippen molar-refractivity contribution in [3.8, 4) is 0 Å². The Morgan fingerprint density at radius 1 is 1.59 bits per heavy atom. The maximum atomic E-state index is 12.4. The van der Waals surface area contributed by atoms with E-state index in [4.69, 9.17) is 16.4 Å². The second-order valence-corrected chi connectivity index (χ2v) is 6.71. The molecule has 0 spiro atoms. The molecule has 9 heteroatoms. The zero-order chi connectivity index (χ0) is 16.2. The smallest absolute Gasteiger partial charge is 0.277 e. The van der Waals surface area contributed by atoms with Crippen molar-refractivity contribution in [3.63, 3.8) is 0 Å². The number of hydrogen-bond acceptors (Lipinski definition) is 4. The van der Waals surface area contributed by atoms with Crippen LogP contribution < -0.4 is 5.48 Å². The normalized spacial score (nSPS) is 18.8. The number of benzene rings is 1. The maximum absolute atomic E-state index is 12.4. The molecule has 0 aliphatic carbocycles. The minimum absolute atomic E-state index is 0.00520. The van der Waals surface area contributed by atoms with E-state index in [1.165, 1.54) is 24.3 Å². The molecule has 0 saturated heterocycles. The van der Waals surface area contributed by atoms with Gasteiger partial charge in [-0.15, -0.1) is 4.40 Å². The van der Waals surface area contributed by atoms with Crippen molar-refractivity contribution in [1.82, 2.24) is 10.5 Å². The highest BCUT2D eigenvalue weighted by Crippen LogP contribution is 2.19. The van der Waals surface area contributed by atoms with Crippen molar-refractivity contribution in [2.45, 2.75) is 18.2 Å². The summed E-state index contributed by atoms with van der Waals surface area (Å²) in [6.45, 7) is 2.57. The quantitative estimate of drug-likeness (QED) is 0.512. The number of hydrogen-bond donors (Lipinski definition) is 1. The number of guanidine groups is 1. The summed E-state index contributed by atoms with van der Waals surface area (Å²) < 4.78 is 28.5. The lowest BCUT2D eigenvalue weighted by Crippen LogP contribution is -2.38. The number of hydroxylamine groups is 1. The van der Waals surface area contributed by atoms with Crippen LogP contribution >= 0.6 is 11.6 Å². The number of nitrogens with zero attached hydrogens (tertiary/aromatic N) is 3. The van der Waals surface area contributed by atoms with Gasteiger partial charge in [-0.25, -0.2) is 10.5 Å². The SMILES string of the molecule is CCC1C=NN(/C(=N/S(=O)(=O)c2cccc(Cl)c2)NOC)C1. The largest absolute Gasteiger partial charge is 0.285 e. The molecule has 1 heterocycles. The highest BCUT2D eigenvalue weighted by atomic mass is 35.5. The van der Waals surface area contributed by atoms with Gasteiger partial charge in [-0.05, 0) is 24.6 Å². The van der Waals surface area contributed by atoms with Crippen LogP contribution in [0.2, 0.25) is 5.02 Å². The lowest BCUT2D eigenvalue weighted by Gasteiger charge is -2.17. The number of nitrogens with one attached hydrogen (secondary N) is 1. The van der Waals surface area contributed by atoms with Crippen LogP contribution in [0.1, 0.15) is 13.3 Å². The van der Waals surface area contributed by atoms with Crippen LogP contribution in [0.15, 0.2) is 38.7 Å². The fourth-order valence-electron chi connectivity index (χ4n) is 1.87. The first-order chi connectivity index (χ1) is 10.5. The lowest BCUT2D eigenvalue weighted by atomic mass is 10.1. The Bertz CT molecular complexity index is 690. The van der Waals surface area contributed by atoms with Gasteiger partial charge >= 0.3 is 0 Å². The molecule has 0 bridgehead atoms. The molecule has 2 rings (SSSR count). The second kappa shape index (κ2) is 7.08. The molecule has 120 valence electrons. The van der Waals surface area contributed by atoms with E-state index in [-0.39, 0.29) is 16.8 Å². The molecular formula is C13H17ClN4O3S. The Kier molecular flexibility index (Phi) is 5.38. The van der Waals surface area contributed by atoms with Crippen LogP contribution in [-0.2, 0) is 14.9 Å². The zero-order valence-corrected chi connectivity index (χ0v) is 13.8. The van der Waals surface area contributed by atoms with Gasteiger partial charge in [-0.3, -0.25) is 4.84 Å². The number of rotatable bonds is 4. The van der Waals surface area contributed by atoms with Gasteiger partial charge in [0.15, 0.2) is 0 Å². The predicted molar refractivity (Wildman–Crippen MR) is 85.2 cm³/mol. The maximum Gasteiger partial charge on any atom is 0.285 e. The Morgan fingerprint density at radius 2 is 2.36 bits per heavy atom. The number of sulfonamides is 1. The summed E-state index contributed by atoms with van der Waals surface area (Å²) in [7, 11) is -2.55. The van der Waals surface area contributed by atoms with Crippen LogP contribution in [0.3, 0.4) is 0 Å². The molecule has 1 N–H and O–H groups in total. The van der Waals surface area contributed by atoms with E-state index < -0.39 is 10.0 Å². The van der Waals surface area contributed by atoms with E-state index in [1.54, 1.807) is 18.3 Å². The molecule has 1 aromatic carbocycles. The zero-order valence-electron chi connectivity index (χ0n) is 12.2. The van der Waals surface area contributed by atoms with Crippen molar-refractivity contribution < 1.29 is 13.3 Å². The average Bonchev–Trinajstić information content (AvgIpc) is 2.95. The molecule has 1 aliphatic heterocycles. The van der Waals surface area contributed by atoms with Crippen LogP contribution in [0, 0.1) is 5.92 Å². The van der Waals surface area contributed by atoms with Gasteiger partial charge in [0.25, 0.3) is 16.0 Å². The van der Waals surface area contributed by atoms with Crippen LogP contribution in [0.5, 0.6) is 0 Å². The summed E-state index contributed by atoms with van der Waals surface area (Å²) in [6.07, 6.45) is 2.67. The van der Waals surface area contributed by atoms with E-state index in [0.29, 0.717) is 11.6 Å². The minimum atomic E-state index is -3.92. The number of halogens is 1. The third kappa shape index (κ3) is 3.96. The standard InChI is InChI=1S/C13H17ClN4O3S/c1-3-10-8-15-18(9-10)13(16-21-2)17-22(19,20)12-6-4-5-11(14)7-12/h4-8,10H,3,9H2,1-2H3,(H,16,17). The Labute approximate surface area is 134 Å². The first kappa shape index (κ1) is 16.7. The van der Waals surface area contributed by atoms with Gasteiger partial charge < -0.3 is 0 Å². The van der Waals surface area contributed by atoms with Gasteiger partial charge in [0, 0.05) is 17.2 Å². The molecule has 22 heavy (non-hydrogen) atoms. The van der Waals surface area contributed by atoms with E-state index in [0.717, 1.165) is 6.42 Å². The van der Waals surface area contributed by atoms with Crippen molar-refractivity contribution in [3.05, 3.63) is 29.3 Å². The molecular weight excluding hydrogens is 328 g/mol. The number of hydrazone groups is 1. The third-order valence-corrected chi connectivity index (χ3v) is 4.59. The minimum Gasteiger partial charge on any atom is -0.277 e. The molecule has 1 unspecified atom stereocenters. The Balaban J connectivity index is 2.31. The highest BCUT2D eigenvalue weighted by molar-refractivity contribution is 7.90. The Hall–Kier alpha value is -1.64. The van der Waals surface area contributed by atoms with Gasteiger partial charge in [0.05, 0.1) is 18.6 Å². The van der Waals surface area contributed by atoms with Gasteiger partial charge in [0.2, 0.25) is 0 Å². The molecule has 1 aliphatic rings. The fraction of sp³-hybridized carbons (Fsp3) is 0.385. The van der Waals surface area contributed by atoms with Crippen LogP contribution in [0.4, 0.5) is 0 Å². The average molecular weight is 345 g/mol. The molecule has 7 nitrogen and oxygen atoms in total. The van der Waals surface area contributed by atoms with Gasteiger partial charge in [-0.1, -0.05) is 24.6 Å². The van der Waals surface area contributed by atoms with Crippen LogP contribution in [0.25, 0.3) is 0 Å². The molecule has 1 aromatic rings. The summed E-state index contributed by atoms with van der Waals surface area (Å²) in [4.78, 5) is 4.81. The van der Waals surface area contributed by atoms with E-state index >= 15 is 0 Å². The highest BCUT2D eigenvalue weighted by Gasteiger charge is 2.23. The van der Waals surface area contributed by atoms with Gasteiger partial charge in [-0.2, -0.15) is 13.5 Å². The summed E-state index contributed by atoms with van der Waals surface area (Å²) in [5.41, 5.74) is 2.46. The molecule has 0 amide bonds. The van der Waals surface area contributed by atoms with Crippen molar-refractivity contribution in [2.75, 3.05) is 13.7 Å². The van der Waals surface area contributed by atoms with Crippen molar-refractivity contribution in [1.29, 1.82) is 0 Å². The monoisotopic (exact) mass is 344 g/mol. The Morgan fingerprint density at radius 3 is 2.95 bits per heavy atom. The van der Waals surface area contributed by atoms with Crippen molar-refractivity contribution in [2.24, 2.45) is 15.4 Å². The fourth-order valence-corrected chi connectivity index (χ4v) is 3.12.